The van der Waals surface area contributed by atoms with E-state index in [-0.39, 0.29) is 6.54 Å². The van der Waals surface area contributed by atoms with Gasteiger partial charge in [-0.1, -0.05) is 30.3 Å². The summed E-state index contributed by atoms with van der Waals surface area (Å²) in [6.45, 7) is 0.269. The number of amides is 1. The third kappa shape index (κ3) is 3.54. The number of rotatable bonds is 4. The summed E-state index contributed by atoms with van der Waals surface area (Å²) >= 11 is 0. The number of hydrogen-bond acceptors (Lipinski definition) is 2. The fraction of sp³-hybridized carbons (Fsp3) is 0.100. The summed E-state index contributed by atoms with van der Waals surface area (Å²) in [5, 5.41) is 2.39. The zero-order chi connectivity index (χ0) is 11.1. The van der Waals surface area contributed by atoms with Crippen molar-refractivity contribution < 1.29 is 14.4 Å². The SMILES string of the molecule is [N-]=[N+]=CC(=O)C(=O)NCc1ccccc1. The van der Waals surface area contributed by atoms with Gasteiger partial charge in [0.15, 0.2) is 0 Å². The van der Waals surface area contributed by atoms with Crippen LogP contribution in [-0.4, -0.2) is 22.7 Å². The van der Waals surface area contributed by atoms with Crippen molar-refractivity contribution in [1.82, 2.24) is 5.32 Å². The summed E-state index contributed by atoms with van der Waals surface area (Å²) in [6, 6.07) is 9.17. The lowest BCUT2D eigenvalue weighted by Gasteiger charge is -2.00. The third-order valence-electron chi connectivity index (χ3n) is 1.69. The van der Waals surface area contributed by atoms with Crippen molar-refractivity contribution in [2.24, 2.45) is 0 Å². The molecule has 5 heteroatoms. The van der Waals surface area contributed by atoms with Crippen LogP contribution in [0.3, 0.4) is 0 Å². The molecule has 1 amide bonds. The van der Waals surface area contributed by atoms with E-state index < -0.39 is 11.7 Å². The molecule has 15 heavy (non-hydrogen) atoms. The Kier molecular flexibility index (Phi) is 3.94. The van der Waals surface area contributed by atoms with Crippen molar-refractivity contribution >= 4 is 17.9 Å². The van der Waals surface area contributed by atoms with E-state index in [2.05, 4.69) is 10.1 Å². The number of ketones is 1. The first-order chi connectivity index (χ1) is 7.24. The molecule has 0 aromatic heterocycles. The van der Waals surface area contributed by atoms with E-state index in [0.29, 0.717) is 6.21 Å². The minimum Gasteiger partial charge on any atom is -0.361 e. The molecule has 0 unspecified atom stereocenters. The van der Waals surface area contributed by atoms with Gasteiger partial charge in [0.1, 0.15) is 0 Å². The van der Waals surface area contributed by atoms with E-state index in [9.17, 15) is 9.59 Å². The second kappa shape index (κ2) is 5.47. The number of nitrogens with zero attached hydrogens (tertiary/aromatic N) is 2. The molecule has 0 heterocycles. The molecule has 0 aliphatic rings. The van der Waals surface area contributed by atoms with Crippen LogP contribution in [-0.2, 0) is 16.1 Å². The summed E-state index contributed by atoms with van der Waals surface area (Å²) in [4.78, 5) is 24.4. The van der Waals surface area contributed by atoms with Crippen molar-refractivity contribution in [1.29, 1.82) is 0 Å². The van der Waals surface area contributed by atoms with Crippen molar-refractivity contribution in [3.05, 3.63) is 41.4 Å². The summed E-state index contributed by atoms with van der Waals surface area (Å²) in [5.41, 5.74) is 8.93. The van der Waals surface area contributed by atoms with Gasteiger partial charge in [0.2, 0.25) is 0 Å². The van der Waals surface area contributed by atoms with Gasteiger partial charge in [-0.3, -0.25) is 9.59 Å². The number of Topliss-reactive ketones (excluding diaryl/α,β-unsaturated/α-hetero) is 1. The standard InChI is InChI=1S/C10H9N3O2/c11-13-7-9(14)10(15)12-6-8-4-2-1-3-5-8/h1-5,7H,6H2,(H,12,15). The Hall–Kier alpha value is -2.26. The van der Waals surface area contributed by atoms with Crippen LogP contribution in [0.5, 0.6) is 0 Å². The highest BCUT2D eigenvalue weighted by Crippen LogP contribution is 1.96. The second-order valence-electron chi connectivity index (χ2n) is 2.78. The number of carbonyl (C=O) groups is 2. The minimum absolute atomic E-state index is 0.269. The fourth-order valence-corrected chi connectivity index (χ4v) is 0.976. The van der Waals surface area contributed by atoms with E-state index >= 15 is 0 Å². The Labute approximate surface area is 86.3 Å². The van der Waals surface area contributed by atoms with Crippen LogP contribution in [0, 0.1) is 0 Å². The van der Waals surface area contributed by atoms with E-state index in [1.807, 2.05) is 30.3 Å². The highest BCUT2D eigenvalue weighted by molar-refractivity contribution is 6.57. The normalized spacial score (nSPS) is 8.80. The molecule has 0 fully saturated rings. The molecule has 1 aromatic rings. The Bertz CT molecular complexity index is 408. The van der Waals surface area contributed by atoms with Gasteiger partial charge in [0, 0.05) is 6.54 Å². The van der Waals surface area contributed by atoms with Gasteiger partial charge in [-0.2, -0.15) is 4.79 Å². The van der Waals surface area contributed by atoms with Gasteiger partial charge in [0.05, 0.1) is 0 Å². The average Bonchev–Trinajstić information content (AvgIpc) is 2.27. The Morgan fingerprint density at radius 3 is 2.60 bits per heavy atom. The van der Waals surface area contributed by atoms with Crippen LogP contribution < -0.4 is 5.32 Å². The molecule has 0 aliphatic carbocycles. The molecule has 1 rings (SSSR count). The molecule has 1 N–H and O–H groups in total. The highest BCUT2D eigenvalue weighted by atomic mass is 16.2. The summed E-state index contributed by atoms with van der Waals surface area (Å²) in [7, 11) is 0. The maximum Gasteiger partial charge on any atom is 0.333 e. The molecule has 0 radical (unpaired) electrons. The maximum atomic E-state index is 11.0. The maximum absolute atomic E-state index is 11.0. The minimum atomic E-state index is -0.881. The lowest BCUT2D eigenvalue weighted by Crippen LogP contribution is -2.31. The molecule has 0 bridgehead atoms. The van der Waals surface area contributed by atoms with Crippen LogP contribution >= 0.6 is 0 Å². The van der Waals surface area contributed by atoms with Crippen LogP contribution in [0.4, 0.5) is 0 Å². The Morgan fingerprint density at radius 2 is 2.00 bits per heavy atom. The van der Waals surface area contributed by atoms with Crippen molar-refractivity contribution in [3.8, 4) is 0 Å². The number of hydrogen-bond donors (Lipinski definition) is 1. The predicted molar refractivity (Wildman–Crippen MR) is 53.0 cm³/mol. The monoisotopic (exact) mass is 203 g/mol. The van der Waals surface area contributed by atoms with Crippen LogP contribution in [0.2, 0.25) is 0 Å². The Morgan fingerprint density at radius 1 is 1.33 bits per heavy atom. The molecule has 0 saturated carbocycles. The van der Waals surface area contributed by atoms with Gasteiger partial charge in [-0.15, -0.1) is 0 Å². The first-order valence-corrected chi connectivity index (χ1v) is 4.27. The molecule has 0 saturated heterocycles. The second-order valence-corrected chi connectivity index (χ2v) is 2.78. The molecule has 0 aliphatic heterocycles. The highest BCUT2D eigenvalue weighted by Gasteiger charge is 2.13. The van der Waals surface area contributed by atoms with Crippen molar-refractivity contribution in [3.63, 3.8) is 0 Å². The topological polar surface area (TPSA) is 82.6 Å². The Balaban J connectivity index is 2.48. The van der Waals surface area contributed by atoms with Crippen LogP contribution in [0.1, 0.15) is 5.56 Å². The predicted octanol–water partition coefficient (Wildman–Crippen LogP) is 0.172. The molecule has 5 nitrogen and oxygen atoms in total. The van der Waals surface area contributed by atoms with E-state index in [1.165, 1.54) is 0 Å². The summed E-state index contributed by atoms with van der Waals surface area (Å²) in [6.07, 6.45) is 0.556. The van der Waals surface area contributed by atoms with Gasteiger partial charge in [-0.05, 0) is 5.56 Å². The molecular formula is C10H9N3O2. The van der Waals surface area contributed by atoms with Crippen LogP contribution in [0.15, 0.2) is 30.3 Å². The number of benzene rings is 1. The van der Waals surface area contributed by atoms with Gasteiger partial charge in [-0.25, -0.2) is 0 Å². The quantitative estimate of drug-likeness (QED) is 0.327. The van der Waals surface area contributed by atoms with E-state index in [0.717, 1.165) is 5.56 Å². The molecule has 1 aromatic carbocycles. The summed E-state index contributed by atoms with van der Waals surface area (Å²) in [5.74, 6) is -1.68. The fourth-order valence-electron chi connectivity index (χ4n) is 0.976. The molecule has 0 atom stereocenters. The lowest BCUT2D eigenvalue weighted by molar-refractivity contribution is -0.135. The zero-order valence-electron chi connectivity index (χ0n) is 7.88. The van der Waals surface area contributed by atoms with E-state index in [1.54, 1.807) is 0 Å². The van der Waals surface area contributed by atoms with Crippen LogP contribution in [0.25, 0.3) is 5.53 Å². The molecular weight excluding hydrogens is 194 g/mol. The van der Waals surface area contributed by atoms with Crippen molar-refractivity contribution in [2.75, 3.05) is 0 Å². The smallest absolute Gasteiger partial charge is 0.333 e. The first-order valence-electron chi connectivity index (χ1n) is 4.27. The van der Waals surface area contributed by atoms with Gasteiger partial charge >= 0.3 is 12.0 Å². The van der Waals surface area contributed by atoms with E-state index in [4.69, 9.17) is 5.53 Å². The van der Waals surface area contributed by atoms with Gasteiger partial charge in [0.25, 0.3) is 5.91 Å². The van der Waals surface area contributed by atoms with Gasteiger partial charge < -0.3 is 10.8 Å². The zero-order valence-corrected chi connectivity index (χ0v) is 7.88. The molecule has 76 valence electrons. The number of nitrogens with one attached hydrogen (secondary N) is 1. The third-order valence-corrected chi connectivity index (χ3v) is 1.69. The average molecular weight is 203 g/mol. The summed E-state index contributed by atoms with van der Waals surface area (Å²) < 4.78 is 0. The molecule has 0 spiro atoms. The lowest BCUT2D eigenvalue weighted by atomic mass is 10.2. The van der Waals surface area contributed by atoms with Crippen molar-refractivity contribution in [2.45, 2.75) is 6.54 Å². The largest absolute Gasteiger partial charge is 0.361 e. The first kappa shape index (κ1) is 10.8. The number of carbonyl (C=O) groups excluding carboxylic acids is 2.